The molecule has 16 heavy (non-hydrogen) atoms. The van der Waals surface area contributed by atoms with E-state index in [1.54, 1.807) is 12.1 Å². The first-order chi connectivity index (χ1) is 7.72. The lowest BCUT2D eigenvalue weighted by molar-refractivity contribution is -0.123. The molecule has 4 nitrogen and oxygen atoms in total. The quantitative estimate of drug-likeness (QED) is 0.609. The number of carbonyl (C=O) groups is 1. The number of rotatable bonds is 5. The van der Waals surface area contributed by atoms with Gasteiger partial charge < -0.3 is 4.74 Å². The van der Waals surface area contributed by atoms with Gasteiger partial charge in [-0.15, -0.1) is 0 Å². The number of ether oxygens (including phenoxy) is 1. The Morgan fingerprint density at radius 2 is 2.06 bits per heavy atom. The van der Waals surface area contributed by atoms with Gasteiger partial charge in [-0.1, -0.05) is 25.1 Å². The van der Waals surface area contributed by atoms with Crippen LogP contribution in [0.1, 0.15) is 20.3 Å². The van der Waals surface area contributed by atoms with Crippen molar-refractivity contribution in [2.75, 3.05) is 6.61 Å². The molecule has 0 saturated carbocycles. The molecule has 0 aliphatic rings. The molecule has 0 unspecified atom stereocenters. The lowest BCUT2D eigenvalue weighted by atomic mass is 10.3. The molecule has 0 radical (unpaired) electrons. The second-order valence-corrected chi connectivity index (χ2v) is 3.34. The van der Waals surface area contributed by atoms with Gasteiger partial charge in [-0.05, 0) is 25.5 Å². The largest absolute Gasteiger partial charge is 0.484 e. The molecule has 0 aliphatic heterocycles. The molecule has 0 saturated heterocycles. The Morgan fingerprint density at radius 1 is 1.38 bits per heavy atom. The Balaban J connectivity index is 2.31. The van der Waals surface area contributed by atoms with E-state index in [0.29, 0.717) is 5.75 Å². The molecule has 0 atom stereocenters. The van der Waals surface area contributed by atoms with E-state index in [-0.39, 0.29) is 12.5 Å². The second kappa shape index (κ2) is 6.61. The van der Waals surface area contributed by atoms with Crippen molar-refractivity contribution in [2.24, 2.45) is 5.10 Å². The number of hydrazone groups is 1. The Labute approximate surface area is 95.3 Å². The molecule has 1 N–H and O–H groups in total. The lowest BCUT2D eigenvalue weighted by Crippen LogP contribution is -2.25. The highest BCUT2D eigenvalue weighted by Gasteiger charge is 2.00. The first-order valence-corrected chi connectivity index (χ1v) is 5.22. The zero-order chi connectivity index (χ0) is 11.8. The molecule has 0 fully saturated rings. The van der Waals surface area contributed by atoms with Crippen LogP contribution < -0.4 is 10.2 Å². The number of nitrogens with zero attached hydrogens (tertiary/aromatic N) is 1. The van der Waals surface area contributed by atoms with Crippen LogP contribution in [0.25, 0.3) is 0 Å². The summed E-state index contributed by atoms with van der Waals surface area (Å²) in [5.74, 6) is 0.422. The van der Waals surface area contributed by atoms with Crippen LogP contribution in [-0.2, 0) is 4.79 Å². The van der Waals surface area contributed by atoms with Gasteiger partial charge in [0, 0.05) is 5.71 Å². The molecular formula is C12H16N2O2. The number of para-hydroxylation sites is 1. The van der Waals surface area contributed by atoms with Gasteiger partial charge in [0.15, 0.2) is 6.61 Å². The van der Waals surface area contributed by atoms with Gasteiger partial charge in [0.2, 0.25) is 0 Å². The van der Waals surface area contributed by atoms with Crippen molar-refractivity contribution in [3.63, 3.8) is 0 Å². The second-order valence-electron chi connectivity index (χ2n) is 3.34. The summed E-state index contributed by atoms with van der Waals surface area (Å²) in [6, 6.07) is 9.20. The summed E-state index contributed by atoms with van der Waals surface area (Å²) in [6.45, 7) is 3.81. The molecule has 0 heterocycles. The summed E-state index contributed by atoms with van der Waals surface area (Å²) < 4.78 is 5.25. The van der Waals surface area contributed by atoms with Crippen LogP contribution in [0, 0.1) is 0 Å². The fourth-order valence-electron chi connectivity index (χ4n) is 0.935. The van der Waals surface area contributed by atoms with Gasteiger partial charge in [-0.3, -0.25) is 4.79 Å². The fourth-order valence-corrected chi connectivity index (χ4v) is 0.935. The van der Waals surface area contributed by atoms with E-state index in [2.05, 4.69) is 10.5 Å². The third-order valence-electron chi connectivity index (χ3n) is 2.00. The molecule has 1 rings (SSSR count). The number of hydrogen-bond acceptors (Lipinski definition) is 3. The lowest BCUT2D eigenvalue weighted by Gasteiger charge is -2.04. The average Bonchev–Trinajstić information content (AvgIpc) is 2.34. The van der Waals surface area contributed by atoms with Crippen LogP contribution >= 0.6 is 0 Å². The van der Waals surface area contributed by atoms with Gasteiger partial charge in [-0.25, -0.2) is 5.43 Å². The number of carbonyl (C=O) groups excluding carboxylic acids is 1. The van der Waals surface area contributed by atoms with Crippen LogP contribution in [0.2, 0.25) is 0 Å². The minimum absolute atomic E-state index is 0.0233. The van der Waals surface area contributed by atoms with Crippen LogP contribution in [0.5, 0.6) is 5.75 Å². The van der Waals surface area contributed by atoms with Gasteiger partial charge in [0.25, 0.3) is 5.91 Å². The Kier molecular flexibility index (Phi) is 5.05. The van der Waals surface area contributed by atoms with E-state index < -0.39 is 0 Å². The first-order valence-electron chi connectivity index (χ1n) is 5.22. The van der Waals surface area contributed by atoms with Gasteiger partial charge in [0.1, 0.15) is 5.75 Å². The van der Waals surface area contributed by atoms with Crippen LogP contribution in [0.3, 0.4) is 0 Å². The van der Waals surface area contributed by atoms with Crippen LogP contribution in [0.4, 0.5) is 0 Å². The van der Waals surface area contributed by atoms with Gasteiger partial charge >= 0.3 is 0 Å². The van der Waals surface area contributed by atoms with Gasteiger partial charge in [0.05, 0.1) is 0 Å². The van der Waals surface area contributed by atoms with Gasteiger partial charge in [-0.2, -0.15) is 5.10 Å². The van der Waals surface area contributed by atoms with Crippen molar-refractivity contribution in [1.82, 2.24) is 5.43 Å². The monoisotopic (exact) mass is 220 g/mol. The van der Waals surface area contributed by atoms with E-state index in [0.717, 1.165) is 12.1 Å². The molecule has 0 aromatic heterocycles. The summed E-state index contributed by atoms with van der Waals surface area (Å²) in [5, 5.41) is 3.89. The van der Waals surface area contributed by atoms with E-state index in [4.69, 9.17) is 4.74 Å². The Morgan fingerprint density at radius 3 is 2.69 bits per heavy atom. The van der Waals surface area contributed by atoms with Crippen LogP contribution in [0.15, 0.2) is 35.4 Å². The summed E-state index contributed by atoms with van der Waals surface area (Å²) in [4.78, 5) is 11.3. The van der Waals surface area contributed by atoms with Crippen LogP contribution in [-0.4, -0.2) is 18.2 Å². The molecule has 4 heteroatoms. The van der Waals surface area contributed by atoms with E-state index in [1.165, 1.54) is 0 Å². The number of nitrogens with one attached hydrogen (secondary N) is 1. The molecular weight excluding hydrogens is 204 g/mol. The van der Waals surface area contributed by atoms with Crippen molar-refractivity contribution in [1.29, 1.82) is 0 Å². The number of amides is 1. The molecule has 1 aromatic carbocycles. The Hall–Kier alpha value is -1.84. The van der Waals surface area contributed by atoms with E-state index in [1.807, 2.05) is 32.0 Å². The summed E-state index contributed by atoms with van der Waals surface area (Å²) in [6.07, 6.45) is 0.819. The molecule has 86 valence electrons. The minimum Gasteiger partial charge on any atom is -0.484 e. The zero-order valence-corrected chi connectivity index (χ0v) is 9.56. The smallest absolute Gasteiger partial charge is 0.277 e. The first kappa shape index (κ1) is 12.2. The van der Waals surface area contributed by atoms with E-state index >= 15 is 0 Å². The highest BCUT2D eigenvalue weighted by atomic mass is 16.5. The van der Waals surface area contributed by atoms with Crippen molar-refractivity contribution in [2.45, 2.75) is 20.3 Å². The maximum Gasteiger partial charge on any atom is 0.277 e. The average molecular weight is 220 g/mol. The summed E-state index contributed by atoms with van der Waals surface area (Å²) in [7, 11) is 0. The maximum atomic E-state index is 11.3. The molecule has 1 aromatic rings. The van der Waals surface area contributed by atoms with Crippen molar-refractivity contribution < 1.29 is 9.53 Å². The predicted octanol–water partition coefficient (Wildman–Crippen LogP) is 1.97. The standard InChI is InChI=1S/C12H16N2O2/c1-3-10(2)13-14-12(15)9-16-11-7-5-4-6-8-11/h4-8H,3,9H2,1-2H3,(H,14,15)/b13-10+. The molecule has 0 aliphatic carbocycles. The highest BCUT2D eigenvalue weighted by molar-refractivity contribution is 5.84. The van der Waals surface area contributed by atoms with Crippen molar-refractivity contribution >= 4 is 11.6 Å². The SMILES string of the molecule is CC/C(C)=N/NC(=O)COc1ccccc1. The third kappa shape index (κ3) is 4.59. The molecule has 0 spiro atoms. The van der Waals surface area contributed by atoms with Crippen molar-refractivity contribution in [3.05, 3.63) is 30.3 Å². The Bertz CT molecular complexity index is 361. The predicted molar refractivity (Wildman–Crippen MR) is 63.5 cm³/mol. The fraction of sp³-hybridized carbons (Fsp3) is 0.333. The minimum atomic E-state index is -0.253. The maximum absolute atomic E-state index is 11.3. The molecule has 0 bridgehead atoms. The number of hydrogen-bond donors (Lipinski definition) is 1. The topological polar surface area (TPSA) is 50.7 Å². The zero-order valence-electron chi connectivity index (χ0n) is 9.56. The summed E-state index contributed by atoms with van der Waals surface area (Å²) >= 11 is 0. The normalized spacial score (nSPS) is 11.0. The van der Waals surface area contributed by atoms with E-state index in [9.17, 15) is 4.79 Å². The number of benzene rings is 1. The highest BCUT2D eigenvalue weighted by Crippen LogP contribution is 2.07. The molecule has 1 amide bonds. The summed E-state index contributed by atoms with van der Waals surface area (Å²) in [5.41, 5.74) is 3.31. The third-order valence-corrected chi connectivity index (χ3v) is 2.00. The van der Waals surface area contributed by atoms with Crippen molar-refractivity contribution in [3.8, 4) is 5.75 Å².